The third-order valence-electron chi connectivity index (χ3n) is 4.50. The Labute approximate surface area is 130 Å². The average molecular weight is 301 g/mol. The number of aromatic carboxylic acids is 1. The summed E-state index contributed by atoms with van der Waals surface area (Å²) >= 11 is 0. The lowest BCUT2D eigenvalue weighted by molar-refractivity contribution is 0.0697. The summed E-state index contributed by atoms with van der Waals surface area (Å²) in [5.41, 5.74) is 3.77. The summed E-state index contributed by atoms with van der Waals surface area (Å²) in [6.07, 6.45) is 3.10. The molecule has 0 bridgehead atoms. The molecule has 1 saturated heterocycles. The Morgan fingerprint density at radius 3 is 2.73 bits per heavy atom. The van der Waals surface area contributed by atoms with Crippen LogP contribution in [0.25, 0.3) is 10.9 Å². The van der Waals surface area contributed by atoms with Gasteiger partial charge >= 0.3 is 5.97 Å². The molecule has 118 valence electrons. The van der Waals surface area contributed by atoms with Crippen LogP contribution in [0, 0.1) is 6.92 Å². The summed E-state index contributed by atoms with van der Waals surface area (Å²) in [7, 11) is 2.03. The van der Waals surface area contributed by atoms with Crippen molar-refractivity contribution in [3.05, 3.63) is 35.0 Å². The SMILES string of the molecule is Cc1cc(C(=O)O)cc2c(CCN3CCNCC3)cn(C)c12. The third-order valence-corrected chi connectivity index (χ3v) is 4.50. The lowest BCUT2D eigenvalue weighted by Crippen LogP contribution is -2.44. The van der Waals surface area contributed by atoms with E-state index in [0.717, 1.165) is 55.6 Å². The molecule has 0 atom stereocenters. The molecule has 1 fully saturated rings. The summed E-state index contributed by atoms with van der Waals surface area (Å²) in [5, 5.41) is 13.7. The highest BCUT2D eigenvalue weighted by atomic mass is 16.4. The summed E-state index contributed by atoms with van der Waals surface area (Å²) in [6.45, 7) is 7.29. The molecule has 1 aromatic heterocycles. The predicted molar refractivity (Wildman–Crippen MR) is 87.6 cm³/mol. The van der Waals surface area contributed by atoms with Crippen LogP contribution in [0.4, 0.5) is 0 Å². The van der Waals surface area contributed by atoms with E-state index < -0.39 is 5.97 Å². The van der Waals surface area contributed by atoms with E-state index in [4.69, 9.17) is 0 Å². The van der Waals surface area contributed by atoms with Gasteiger partial charge in [-0.1, -0.05) is 0 Å². The number of carboxylic acids is 1. The summed E-state index contributed by atoms with van der Waals surface area (Å²) in [4.78, 5) is 13.8. The van der Waals surface area contributed by atoms with Crippen molar-refractivity contribution in [3.8, 4) is 0 Å². The molecule has 0 aliphatic carbocycles. The van der Waals surface area contributed by atoms with Crippen LogP contribution in [0.15, 0.2) is 18.3 Å². The summed E-state index contributed by atoms with van der Waals surface area (Å²) in [6, 6.07) is 3.57. The summed E-state index contributed by atoms with van der Waals surface area (Å²) in [5.74, 6) is -0.859. The van der Waals surface area contributed by atoms with E-state index in [1.165, 1.54) is 5.56 Å². The van der Waals surface area contributed by atoms with Crippen LogP contribution >= 0.6 is 0 Å². The molecular formula is C17H23N3O2. The fraction of sp³-hybridized carbons (Fsp3) is 0.471. The van der Waals surface area contributed by atoms with Crippen molar-refractivity contribution in [3.63, 3.8) is 0 Å². The van der Waals surface area contributed by atoms with Gasteiger partial charge in [0, 0.05) is 51.4 Å². The van der Waals surface area contributed by atoms with E-state index in [1.807, 2.05) is 20.0 Å². The lowest BCUT2D eigenvalue weighted by Gasteiger charge is -2.26. The minimum Gasteiger partial charge on any atom is -0.478 e. The number of aryl methyl sites for hydroxylation is 2. The number of fused-ring (bicyclic) bond motifs is 1. The molecule has 1 aromatic carbocycles. The molecule has 2 heterocycles. The van der Waals surface area contributed by atoms with E-state index in [1.54, 1.807) is 6.07 Å². The lowest BCUT2D eigenvalue weighted by atomic mass is 10.0. The molecule has 5 heteroatoms. The van der Waals surface area contributed by atoms with Crippen LogP contribution in [-0.4, -0.2) is 53.3 Å². The standard InChI is InChI=1S/C17H23N3O2/c1-12-9-14(17(21)22)10-15-13(11-19(2)16(12)15)3-6-20-7-4-18-5-8-20/h9-11,18H,3-8H2,1-2H3,(H,21,22). The van der Waals surface area contributed by atoms with Gasteiger partial charge in [0.15, 0.2) is 0 Å². The number of nitrogens with zero attached hydrogens (tertiary/aromatic N) is 2. The Morgan fingerprint density at radius 2 is 2.05 bits per heavy atom. The minimum atomic E-state index is -0.859. The molecule has 0 spiro atoms. The van der Waals surface area contributed by atoms with E-state index in [-0.39, 0.29) is 0 Å². The average Bonchev–Trinajstić information content (AvgIpc) is 2.83. The van der Waals surface area contributed by atoms with Crippen molar-refractivity contribution < 1.29 is 9.90 Å². The van der Waals surface area contributed by atoms with Gasteiger partial charge in [-0.05, 0) is 36.6 Å². The van der Waals surface area contributed by atoms with Crippen LogP contribution in [0.2, 0.25) is 0 Å². The topological polar surface area (TPSA) is 57.5 Å². The highest BCUT2D eigenvalue weighted by molar-refractivity contribution is 5.96. The molecule has 1 aliphatic heterocycles. The fourth-order valence-corrected chi connectivity index (χ4v) is 3.40. The Hall–Kier alpha value is -1.85. The molecule has 0 unspecified atom stereocenters. The second-order valence-electron chi connectivity index (χ2n) is 6.10. The molecule has 0 amide bonds. The maximum atomic E-state index is 11.3. The number of hydrogen-bond donors (Lipinski definition) is 2. The summed E-state index contributed by atoms with van der Waals surface area (Å²) < 4.78 is 2.11. The molecule has 2 aromatic rings. The van der Waals surface area contributed by atoms with Crippen LogP contribution in [0.1, 0.15) is 21.5 Å². The zero-order valence-corrected chi connectivity index (χ0v) is 13.2. The first kappa shape index (κ1) is 15.1. The Morgan fingerprint density at radius 1 is 1.32 bits per heavy atom. The molecule has 2 N–H and O–H groups in total. The van der Waals surface area contributed by atoms with Gasteiger partial charge in [0.25, 0.3) is 0 Å². The van der Waals surface area contributed by atoms with E-state index in [2.05, 4.69) is 21.0 Å². The Bertz CT molecular complexity index is 699. The number of hydrogen-bond acceptors (Lipinski definition) is 3. The number of carboxylic acid groups (broad SMARTS) is 1. The monoisotopic (exact) mass is 301 g/mol. The molecule has 0 saturated carbocycles. The second-order valence-corrected chi connectivity index (χ2v) is 6.10. The molecule has 5 nitrogen and oxygen atoms in total. The zero-order chi connectivity index (χ0) is 15.7. The highest BCUT2D eigenvalue weighted by Crippen LogP contribution is 2.26. The van der Waals surface area contributed by atoms with E-state index in [9.17, 15) is 9.90 Å². The Balaban J connectivity index is 1.90. The highest BCUT2D eigenvalue weighted by Gasteiger charge is 2.15. The molecule has 1 aliphatic rings. The minimum absolute atomic E-state index is 0.375. The van der Waals surface area contributed by atoms with Crippen LogP contribution in [-0.2, 0) is 13.5 Å². The first-order valence-electron chi connectivity index (χ1n) is 7.81. The van der Waals surface area contributed by atoms with Crippen molar-refractivity contribution in [2.24, 2.45) is 7.05 Å². The van der Waals surface area contributed by atoms with Gasteiger partial charge in [0.05, 0.1) is 11.1 Å². The molecule has 0 radical (unpaired) electrons. The quantitative estimate of drug-likeness (QED) is 0.901. The first-order chi connectivity index (χ1) is 10.6. The van der Waals surface area contributed by atoms with Crippen molar-refractivity contribution in [2.75, 3.05) is 32.7 Å². The van der Waals surface area contributed by atoms with Gasteiger partial charge in [-0.3, -0.25) is 0 Å². The van der Waals surface area contributed by atoms with Crippen LogP contribution < -0.4 is 5.32 Å². The number of carbonyl (C=O) groups is 1. The van der Waals surface area contributed by atoms with Crippen molar-refractivity contribution in [1.29, 1.82) is 0 Å². The second kappa shape index (κ2) is 6.10. The molecule has 3 rings (SSSR count). The number of nitrogens with one attached hydrogen (secondary N) is 1. The van der Waals surface area contributed by atoms with Gasteiger partial charge in [-0.15, -0.1) is 0 Å². The number of rotatable bonds is 4. The van der Waals surface area contributed by atoms with E-state index in [0.29, 0.717) is 5.56 Å². The first-order valence-corrected chi connectivity index (χ1v) is 7.81. The normalized spacial score (nSPS) is 16.3. The molecular weight excluding hydrogens is 278 g/mol. The molecule has 22 heavy (non-hydrogen) atoms. The van der Waals surface area contributed by atoms with Crippen molar-refractivity contribution in [1.82, 2.24) is 14.8 Å². The van der Waals surface area contributed by atoms with Crippen molar-refractivity contribution >= 4 is 16.9 Å². The van der Waals surface area contributed by atoms with E-state index >= 15 is 0 Å². The van der Waals surface area contributed by atoms with Crippen LogP contribution in [0.5, 0.6) is 0 Å². The zero-order valence-electron chi connectivity index (χ0n) is 13.2. The van der Waals surface area contributed by atoms with Crippen molar-refractivity contribution in [2.45, 2.75) is 13.3 Å². The maximum Gasteiger partial charge on any atom is 0.335 e. The smallest absolute Gasteiger partial charge is 0.335 e. The number of benzene rings is 1. The number of piperazine rings is 1. The van der Waals surface area contributed by atoms with Gasteiger partial charge in [-0.2, -0.15) is 0 Å². The largest absolute Gasteiger partial charge is 0.478 e. The van der Waals surface area contributed by atoms with Gasteiger partial charge in [-0.25, -0.2) is 4.79 Å². The number of aromatic nitrogens is 1. The maximum absolute atomic E-state index is 11.3. The van der Waals surface area contributed by atoms with Crippen LogP contribution in [0.3, 0.4) is 0 Å². The predicted octanol–water partition coefficient (Wildman–Crippen LogP) is 1.63. The third kappa shape index (κ3) is 2.87. The fourth-order valence-electron chi connectivity index (χ4n) is 3.40. The Kier molecular flexibility index (Phi) is 4.18. The van der Waals surface area contributed by atoms with Gasteiger partial charge < -0.3 is 19.9 Å². The van der Waals surface area contributed by atoms with Gasteiger partial charge in [0.1, 0.15) is 0 Å². The van der Waals surface area contributed by atoms with Gasteiger partial charge in [0.2, 0.25) is 0 Å².